The number of hydrogen-bond donors (Lipinski definition) is 2. The van der Waals surface area contributed by atoms with Crippen LogP contribution in [0.3, 0.4) is 0 Å². The molecule has 3 aliphatic rings. The summed E-state index contributed by atoms with van der Waals surface area (Å²) in [5, 5.41) is 20.9. The first-order valence-corrected chi connectivity index (χ1v) is 14.5. The molecular weight excluding hydrogens is 490 g/mol. The van der Waals surface area contributed by atoms with Gasteiger partial charge in [0.15, 0.2) is 0 Å². The molecule has 1 aromatic heterocycles. The van der Waals surface area contributed by atoms with Gasteiger partial charge in [-0.2, -0.15) is 0 Å². The van der Waals surface area contributed by atoms with Crippen LogP contribution in [0.15, 0.2) is 6.07 Å². The number of thiophene rings is 1. The molecule has 0 unspecified atom stereocenters. The minimum Gasteiger partial charge on any atom is -0.477 e. The third kappa shape index (κ3) is 7.14. The zero-order valence-corrected chi connectivity index (χ0v) is 23.3. The largest absolute Gasteiger partial charge is 0.477 e. The molecule has 4 rings (SSSR count). The van der Waals surface area contributed by atoms with Crippen LogP contribution in [-0.4, -0.2) is 59.7 Å². The Hall–Kier alpha value is -1.92. The Morgan fingerprint density at radius 2 is 1.84 bits per heavy atom. The van der Waals surface area contributed by atoms with Gasteiger partial charge in [-0.15, -0.1) is 11.3 Å². The lowest BCUT2D eigenvalue weighted by atomic mass is 9.79. The average molecular weight is 532 g/mol. The van der Waals surface area contributed by atoms with Crippen LogP contribution in [0, 0.1) is 29.1 Å². The maximum Gasteiger partial charge on any atom is 0.348 e. The van der Waals surface area contributed by atoms with Crippen molar-refractivity contribution in [3.05, 3.63) is 15.8 Å². The number of nitrogens with zero attached hydrogens (tertiary/aromatic N) is 1. The molecule has 2 heterocycles. The van der Waals surface area contributed by atoms with Gasteiger partial charge in [-0.25, -0.2) is 4.79 Å². The van der Waals surface area contributed by atoms with E-state index in [0.717, 1.165) is 56.5 Å². The number of carboxylic acids is 1. The number of aliphatic hydroxyl groups is 1. The summed E-state index contributed by atoms with van der Waals surface area (Å²) in [7, 11) is 0. The number of hydrogen-bond acceptors (Lipinski definition) is 6. The van der Waals surface area contributed by atoms with Crippen LogP contribution >= 0.6 is 11.3 Å². The number of carboxylic acid groups (broad SMARTS) is 1. The molecule has 204 valence electrons. The maximum atomic E-state index is 14.1. The van der Waals surface area contributed by atoms with Crippen LogP contribution in [0.25, 0.3) is 0 Å². The van der Waals surface area contributed by atoms with E-state index in [2.05, 4.69) is 18.8 Å². The summed E-state index contributed by atoms with van der Waals surface area (Å²) in [5.41, 5.74) is 0.189. The van der Waals surface area contributed by atoms with Crippen molar-refractivity contribution in [2.75, 3.05) is 18.1 Å². The van der Waals surface area contributed by atoms with Gasteiger partial charge in [0.1, 0.15) is 4.88 Å². The normalized spacial score (nSPS) is 30.4. The van der Waals surface area contributed by atoms with Gasteiger partial charge in [0.2, 0.25) is 5.91 Å². The highest BCUT2D eigenvalue weighted by Gasteiger charge is 2.41. The number of carbonyl (C=O) groups is 2. The summed E-state index contributed by atoms with van der Waals surface area (Å²) in [6.45, 7) is 9.49. The van der Waals surface area contributed by atoms with E-state index in [0.29, 0.717) is 35.9 Å². The Bertz CT molecular complexity index is 1020. The molecule has 7 nitrogen and oxygen atoms in total. The van der Waals surface area contributed by atoms with Crippen molar-refractivity contribution >= 4 is 28.9 Å². The van der Waals surface area contributed by atoms with Crippen LogP contribution in [0.1, 0.15) is 93.6 Å². The van der Waals surface area contributed by atoms with Gasteiger partial charge in [-0.3, -0.25) is 4.79 Å². The predicted octanol–water partition coefficient (Wildman–Crippen LogP) is 5.09. The number of anilines is 1. The van der Waals surface area contributed by atoms with E-state index in [4.69, 9.17) is 9.47 Å². The minimum absolute atomic E-state index is 0.121. The third-order valence-electron chi connectivity index (χ3n) is 7.64. The van der Waals surface area contributed by atoms with Gasteiger partial charge < -0.3 is 24.6 Å². The Labute approximate surface area is 224 Å². The monoisotopic (exact) mass is 531 g/mol. The smallest absolute Gasteiger partial charge is 0.348 e. The van der Waals surface area contributed by atoms with Gasteiger partial charge >= 0.3 is 5.97 Å². The first kappa shape index (κ1) is 28.1. The molecule has 3 fully saturated rings. The number of amides is 1. The van der Waals surface area contributed by atoms with E-state index in [-0.39, 0.29) is 34.4 Å². The molecule has 0 bridgehead atoms. The van der Waals surface area contributed by atoms with Crippen LogP contribution < -0.4 is 4.90 Å². The van der Waals surface area contributed by atoms with Gasteiger partial charge in [0.05, 0.1) is 41.4 Å². The first-order valence-electron chi connectivity index (χ1n) is 13.7. The van der Waals surface area contributed by atoms with Gasteiger partial charge in [-0.05, 0) is 84.1 Å². The van der Waals surface area contributed by atoms with Gasteiger partial charge in [0.25, 0.3) is 0 Å². The molecule has 1 saturated heterocycles. The summed E-state index contributed by atoms with van der Waals surface area (Å²) >= 11 is 1.12. The fraction of sp³-hybridized carbons (Fsp3) is 0.724. The van der Waals surface area contributed by atoms with Crippen LogP contribution in [0.2, 0.25) is 0 Å². The number of ether oxygens (including phenoxy) is 2. The second kappa shape index (κ2) is 11.9. The Morgan fingerprint density at radius 1 is 1.11 bits per heavy atom. The first-order chi connectivity index (χ1) is 17.5. The van der Waals surface area contributed by atoms with E-state index in [1.165, 1.54) is 0 Å². The zero-order chi connectivity index (χ0) is 26.7. The van der Waals surface area contributed by atoms with E-state index in [1.54, 1.807) is 11.0 Å². The molecule has 2 aliphatic carbocycles. The molecular formula is C29H41NO6S. The second-order valence-corrected chi connectivity index (χ2v) is 13.0. The molecule has 4 atom stereocenters. The fourth-order valence-corrected chi connectivity index (χ4v) is 6.51. The predicted molar refractivity (Wildman–Crippen MR) is 144 cm³/mol. The summed E-state index contributed by atoms with van der Waals surface area (Å²) in [4.78, 5) is 28.9. The molecule has 1 amide bonds. The number of aliphatic hydroxyl groups excluding tert-OH is 1. The van der Waals surface area contributed by atoms with Crippen molar-refractivity contribution in [1.29, 1.82) is 0 Å². The van der Waals surface area contributed by atoms with E-state index in [9.17, 15) is 19.8 Å². The molecule has 37 heavy (non-hydrogen) atoms. The summed E-state index contributed by atoms with van der Waals surface area (Å²) in [6, 6.07) is 1.62. The van der Waals surface area contributed by atoms with Crippen molar-refractivity contribution in [3.63, 3.8) is 0 Å². The third-order valence-corrected chi connectivity index (χ3v) is 8.67. The van der Waals surface area contributed by atoms with Crippen LogP contribution in [0.4, 0.5) is 5.69 Å². The SMILES string of the molecule is C[C@@H]1CC[C@@H](C(=O)N(c2cc(C#CC(C)(C)C)sc2C(=O)O)C2CCC(O[C@@H]3CCOC3)CC2)[C@@H](O)C1. The highest BCUT2D eigenvalue weighted by molar-refractivity contribution is 7.15. The van der Waals surface area contributed by atoms with E-state index < -0.39 is 18.0 Å². The van der Waals surface area contributed by atoms with E-state index >= 15 is 0 Å². The maximum absolute atomic E-state index is 14.1. The lowest BCUT2D eigenvalue weighted by molar-refractivity contribution is -0.129. The molecule has 0 aromatic carbocycles. The van der Waals surface area contributed by atoms with Crippen molar-refractivity contribution in [1.82, 2.24) is 0 Å². The fourth-order valence-electron chi connectivity index (χ4n) is 5.67. The quantitative estimate of drug-likeness (QED) is 0.497. The molecule has 1 aromatic rings. The van der Waals surface area contributed by atoms with Crippen molar-refractivity contribution in [3.8, 4) is 11.8 Å². The summed E-state index contributed by atoms with van der Waals surface area (Å²) < 4.78 is 11.7. The van der Waals surface area contributed by atoms with E-state index in [1.807, 2.05) is 20.8 Å². The lowest BCUT2D eigenvalue weighted by Gasteiger charge is -2.41. The molecule has 8 heteroatoms. The second-order valence-electron chi connectivity index (χ2n) is 12.0. The average Bonchev–Trinajstić information content (AvgIpc) is 3.49. The highest BCUT2D eigenvalue weighted by atomic mass is 32.1. The Kier molecular flexibility index (Phi) is 9.00. The minimum atomic E-state index is -1.06. The topological polar surface area (TPSA) is 96.3 Å². The van der Waals surface area contributed by atoms with Crippen LogP contribution in [0.5, 0.6) is 0 Å². The number of rotatable bonds is 6. The highest BCUT2D eigenvalue weighted by Crippen LogP contribution is 2.39. The summed E-state index contributed by atoms with van der Waals surface area (Å²) in [5.74, 6) is 4.93. The molecule has 0 radical (unpaired) electrons. The standard InChI is InChI=1S/C29H41NO6S/c1-18-5-10-23(25(31)15-18)27(32)30(19-6-8-20(9-7-19)36-21-12-14-35-17-21)24-16-22(11-13-29(2,3)4)37-26(24)28(33)34/h16,18-21,23,25,31H,5-10,12,14-15,17H2,1-4H3,(H,33,34)/t18-,19?,20?,21-,23-,25+/m1/s1. The van der Waals surface area contributed by atoms with Crippen molar-refractivity contribution in [2.24, 2.45) is 17.3 Å². The van der Waals surface area contributed by atoms with Crippen molar-refractivity contribution < 1.29 is 29.3 Å². The van der Waals surface area contributed by atoms with Crippen LogP contribution in [-0.2, 0) is 14.3 Å². The Balaban J connectivity index is 1.62. The number of aromatic carboxylic acids is 1. The molecule has 2 N–H and O–H groups in total. The zero-order valence-electron chi connectivity index (χ0n) is 22.5. The molecule has 2 saturated carbocycles. The summed E-state index contributed by atoms with van der Waals surface area (Å²) in [6.07, 6.45) is 5.59. The molecule has 1 aliphatic heterocycles. The Morgan fingerprint density at radius 3 is 2.43 bits per heavy atom. The number of carbonyl (C=O) groups excluding carboxylic acids is 1. The van der Waals surface area contributed by atoms with Gasteiger partial charge in [0, 0.05) is 18.1 Å². The van der Waals surface area contributed by atoms with Gasteiger partial charge in [-0.1, -0.05) is 18.8 Å². The van der Waals surface area contributed by atoms with Crippen molar-refractivity contribution in [2.45, 2.75) is 103 Å². The molecule has 0 spiro atoms. The lowest BCUT2D eigenvalue weighted by Crippen LogP contribution is -2.50.